The Balaban J connectivity index is 1.66. The Morgan fingerprint density at radius 3 is 2.68 bits per heavy atom. The normalized spacial score (nSPS) is 16.5. The van der Waals surface area contributed by atoms with Crippen LogP contribution in [0.4, 0.5) is 5.69 Å². The predicted molar refractivity (Wildman–Crippen MR) is 84.0 cm³/mol. The number of nitrogens with one attached hydrogen (secondary N) is 1. The van der Waals surface area contributed by atoms with Gasteiger partial charge in [0.25, 0.3) is 0 Å². The van der Waals surface area contributed by atoms with Crippen LogP contribution in [0, 0.1) is 0 Å². The van der Waals surface area contributed by atoms with Gasteiger partial charge in [0.1, 0.15) is 0 Å². The molecule has 0 atom stereocenters. The molecule has 0 amide bonds. The molecule has 0 bridgehead atoms. The maximum Gasteiger partial charge on any atom is 0.237 e. The van der Waals surface area contributed by atoms with Crippen molar-refractivity contribution in [2.75, 3.05) is 17.9 Å². The molecule has 118 valence electrons. The number of rotatable bonds is 5. The van der Waals surface area contributed by atoms with Crippen LogP contribution in [0.15, 0.2) is 42.7 Å². The topological polar surface area (TPSA) is 73.2 Å². The zero-order valence-electron chi connectivity index (χ0n) is 12.2. The van der Waals surface area contributed by atoms with Crippen LogP contribution in [0.2, 0.25) is 0 Å². The van der Waals surface area contributed by atoms with E-state index in [2.05, 4.69) is 9.82 Å². The van der Waals surface area contributed by atoms with Crippen molar-refractivity contribution in [3.05, 3.63) is 48.3 Å². The molecule has 0 unspecified atom stereocenters. The Hall–Kier alpha value is -1.86. The number of benzene rings is 1. The first-order chi connectivity index (χ1) is 10.6. The molecule has 1 fully saturated rings. The maximum atomic E-state index is 12.2. The van der Waals surface area contributed by atoms with Crippen molar-refractivity contribution in [1.29, 1.82) is 0 Å². The summed E-state index contributed by atoms with van der Waals surface area (Å²) < 4.78 is 34.1. The zero-order valence-corrected chi connectivity index (χ0v) is 13.0. The molecule has 2 heterocycles. The monoisotopic (exact) mass is 321 g/mol. The van der Waals surface area contributed by atoms with Gasteiger partial charge in [0, 0.05) is 19.4 Å². The third-order valence-corrected chi connectivity index (χ3v) is 4.90. The van der Waals surface area contributed by atoms with Gasteiger partial charge in [-0.25, -0.2) is 8.42 Å². The van der Waals surface area contributed by atoms with Crippen LogP contribution in [0.3, 0.4) is 0 Å². The lowest BCUT2D eigenvalue weighted by atomic mass is 10.1. The molecule has 2 aromatic rings. The van der Waals surface area contributed by atoms with Crippen LogP contribution in [0.5, 0.6) is 0 Å². The minimum Gasteiger partial charge on any atom is -0.381 e. The summed E-state index contributed by atoms with van der Waals surface area (Å²) in [6.45, 7) is 1.44. The third-order valence-electron chi connectivity index (χ3n) is 3.64. The van der Waals surface area contributed by atoms with E-state index in [0.29, 0.717) is 5.69 Å². The summed E-state index contributed by atoms with van der Waals surface area (Å²) in [6, 6.07) is 9.39. The highest BCUT2D eigenvalue weighted by Gasteiger charge is 2.18. The number of ether oxygens (including phenoxy) is 1. The average molecular weight is 321 g/mol. The second-order valence-electron chi connectivity index (χ2n) is 5.40. The molecule has 6 nitrogen and oxygen atoms in total. The molecule has 0 aliphatic carbocycles. The van der Waals surface area contributed by atoms with Crippen LogP contribution in [0.25, 0.3) is 0 Å². The van der Waals surface area contributed by atoms with Gasteiger partial charge in [0.15, 0.2) is 0 Å². The zero-order chi connectivity index (χ0) is 15.4. The first-order valence-corrected chi connectivity index (χ1v) is 8.94. The fourth-order valence-corrected chi connectivity index (χ4v) is 3.72. The predicted octanol–water partition coefficient (Wildman–Crippen LogP) is 2.18. The highest BCUT2D eigenvalue weighted by Crippen LogP contribution is 2.22. The molecular formula is C15H19N3O3S. The minimum absolute atomic E-state index is 0.0453. The Kier molecular flexibility index (Phi) is 4.44. The first-order valence-electron chi connectivity index (χ1n) is 7.29. The van der Waals surface area contributed by atoms with Crippen molar-refractivity contribution in [2.45, 2.75) is 24.6 Å². The highest BCUT2D eigenvalue weighted by atomic mass is 32.2. The van der Waals surface area contributed by atoms with E-state index in [1.807, 2.05) is 22.9 Å². The summed E-state index contributed by atoms with van der Waals surface area (Å²) in [5.41, 5.74) is 1.26. The van der Waals surface area contributed by atoms with E-state index in [9.17, 15) is 8.42 Å². The minimum atomic E-state index is -3.43. The Morgan fingerprint density at radius 1 is 1.23 bits per heavy atom. The maximum absolute atomic E-state index is 12.2. The van der Waals surface area contributed by atoms with Crippen LogP contribution < -0.4 is 4.72 Å². The van der Waals surface area contributed by atoms with E-state index in [0.717, 1.165) is 31.6 Å². The van der Waals surface area contributed by atoms with Crippen molar-refractivity contribution in [2.24, 2.45) is 0 Å². The van der Waals surface area contributed by atoms with Crippen molar-refractivity contribution in [1.82, 2.24) is 9.78 Å². The van der Waals surface area contributed by atoms with Gasteiger partial charge in [-0.15, -0.1) is 0 Å². The van der Waals surface area contributed by atoms with Gasteiger partial charge in [-0.1, -0.05) is 30.3 Å². The lowest BCUT2D eigenvalue weighted by Crippen LogP contribution is -2.20. The van der Waals surface area contributed by atoms with Crippen molar-refractivity contribution in [3.8, 4) is 0 Å². The number of aromatic nitrogens is 2. The van der Waals surface area contributed by atoms with Crippen LogP contribution >= 0.6 is 0 Å². The molecule has 7 heteroatoms. The summed E-state index contributed by atoms with van der Waals surface area (Å²) in [7, 11) is -3.43. The quantitative estimate of drug-likeness (QED) is 0.916. The molecule has 22 heavy (non-hydrogen) atoms. The van der Waals surface area contributed by atoms with E-state index in [-0.39, 0.29) is 11.8 Å². The standard InChI is InChI=1S/C15H19N3O3S/c19-22(20,12-13-4-2-1-3-5-13)17-14-10-16-18(11-14)15-6-8-21-9-7-15/h1-5,10-11,15,17H,6-9,12H2. The summed E-state index contributed by atoms with van der Waals surface area (Å²) in [4.78, 5) is 0. The van der Waals surface area contributed by atoms with Crippen LogP contribution in [0.1, 0.15) is 24.4 Å². The first kappa shape index (κ1) is 15.1. The SMILES string of the molecule is O=S(=O)(Cc1ccccc1)Nc1cnn(C2CCOCC2)c1. The van der Waals surface area contributed by atoms with Gasteiger partial charge in [-0.2, -0.15) is 5.10 Å². The summed E-state index contributed by atoms with van der Waals surface area (Å²) in [5.74, 6) is -0.0453. The molecule has 1 aromatic carbocycles. The van der Waals surface area contributed by atoms with Crippen molar-refractivity contribution < 1.29 is 13.2 Å². The van der Waals surface area contributed by atoms with Gasteiger partial charge in [0.05, 0.1) is 23.7 Å². The largest absolute Gasteiger partial charge is 0.381 e. The van der Waals surface area contributed by atoms with Gasteiger partial charge in [0.2, 0.25) is 10.0 Å². The average Bonchev–Trinajstić information content (AvgIpc) is 2.96. The molecule has 1 aromatic heterocycles. The Morgan fingerprint density at radius 2 is 1.95 bits per heavy atom. The van der Waals surface area contributed by atoms with Gasteiger partial charge >= 0.3 is 0 Å². The lowest BCUT2D eigenvalue weighted by Gasteiger charge is -2.22. The summed E-state index contributed by atoms with van der Waals surface area (Å²) in [5, 5.41) is 4.27. The highest BCUT2D eigenvalue weighted by molar-refractivity contribution is 7.91. The smallest absolute Gasteiger partial charge is 0.237 e. The van der Waals surface area contributed by atoms with E-state index in [4.69, 9.17) is 4.74 Å². The van der Waals surface area contributed by atoms with Crippen LogP contribution in [-0.2, 0) is 20.5 Å². The molecule has 0 radical (unpaired) electrons. The molecule has 0 spiro atoms. The molecule has 1 N–H and O–H groups in total. The van der Waals surface area contributed by atoms with Crippen molar-refractivity contribution in [3.63, 3.8) is 0 Å². The number of hydrogen-bond acceptors (Lipinski definition) is 4. The molecule has 3 rings (SSSR count). The number of nitrogens with zero attached hydrogens (tertiary/aromatic N) is 2. The third kappa shape index (κ3) is 3.86. The summed E-state index contributed by atoms with van der Waals surface area (Å²) in [6.07, 6.45) is 5.10. The fourth-order valence-electron chi connectivity index (χ4n) is 2.55. The molecule has 1 aliphatic rings. The Bertz CT molecular complexity index is 707. The van der Waals surface area contributed by atoms with Gasteiger partial charge in [-0.3, -0.25) is 9.40 Å². The molecule has 0 saturated carbocycles. The second-order valence-corrected chi connectivity index (χ2v) is 7.12. The number of anilines is 1. The van der Waals surface area contributed by atoms with Crippen molar-refractivity contribution >= 4 is 15.7 Å². The van der Waals surface area contributed by atoms with E-state index < -0.39 is 10.0 Å². The molecule has 1 saturated heterocycles. The number of hydrogen-bond donors (Lipinski definition) is 1. The Labute approximate surface area is 130 Å². The fraction of sp³-hybridized carbons (Fsp3) is 0.400. The van der Waals surface area contributed by atoms with E-state index in [1.54, 1.807) is 24.5 Å². The van der Waals surface area contributed by atoms with Gasteiger partial charge in [-0.05, 0) is 18.4 Å². The van der Waals surface area contributed by atoms with E-state index in [1.165, 1.54) is 0 Å². The molecular weight excluding hydrogens is 302 g/mol. The number of sulfonamides is 1. The van der Waals surface area contributed by atoms with Crippen LogP contribution in [-0.4, -0.2) is 31.4 Å². The lowest BCUT2D eigenvalue weighted by molar-refractivity contribution is 0.0662. The second kappa shape index (κ2) is 6.50. The molecule has 1 aliphatic heterocycles. The van der Waals surface area contributed by atoms with Gasteiger partial charge < -0.3 is 4.74 Å². The van der Waals surface area contributed by atoms with E-state index >= 15 is 0 Å². The summed E-state index contributed by atoms with van der Waals surface area (Å²) >= 11 is 0.